The third kappa shape index (κ3) is 2.54. The molecule has 1 saturated carbocycles. The van der Waals surface area contributed by atoms with Gasteiger partial charge in [-0.1, -0.05) is 6.92 Å². The Hall–Kier alpha value is -2.04. The van der Waals surface area contributed by atoms with Crippen LogP contribution in [0.25, 0.3) is 11.1 Å². The maximum atomic E-state index is 10.9. The van der Waals surface area contributed by atoms with Crippen LogP contribution in [0.1, 0.15) is 30.1 Å². The quantitative estimate of drug-likeness (QED) is 0.864. The summed E-state index contributed by atoms with van der Waals surface area (Å²) in [5.74, 6) is 0.482. The molecule has 1 heterocycles. The molecule has 0 amide bonds. The van der Waals surface area contributed by atoms with E-state index >= 15 is 0 Å². The second-order valence-corrected chi connectivity index (χ2v) is 5.20. The highest BCUT2D eigenvalue weighted by atomic mass is 16.4. The van der Waals surface area contributed by atoms with Crippen LogP contribution in [0.4, 0.5) is 6.01 Å². The highest BCUT2D eigenvalue weighted by Crippen LogP contribution is 2.36. The van der Waals surface area contributed by atoms with Crippen LogP contribution < -0.4 is 5.32 Å². The molecule has 5 heteroatoms. The zero-order valence-corrected chi connectivity index (χ0v) is 10.7. The number of hydrogen-bond donors (Lipinski definition) is 2. The summed E-state index contributed by atoms with van der Waals surface area (Å²) in [6.45, 7) is 3.05. The molecule has 0 bridgehead atoms. The van der Waals surface area contributed by atoms with Crippen molar-refractivity contribution in [3.63, 3.8) is 0 Å². The minimum atomic E-state index is -0.963. The largest absolute Gasteiger partial charge is 0.478 e. The lowest BCUT2D eigenvalue weighted by Gasteiger charge is -2.08. The Balaban J connectivity index is 1.75. The third-order valence-electron chi connectivity index (χ3n) is 3.64. The normalized spacial score (nSPS) is 16.5. The van der Waals surface area contributed by atoms with Crippen molar-refractivity contribution in [1.82, 2.24) is 4.98 Å². The molecular formula is C14H16N2O3. The van der Waals surface area contributed by atoms with E-state index in [-0.39, 0.29) is 5.56 Å². The minimum absolute atomic E-state index is 0.210. The molecule has 0 radical (unpaired) electrons. The number of carboxylic acids is 1. The molecule has 3 rings (SSSR count). The smallest absolute Gasteiger partial charge is 0.335 e. The van der Waals surface area contributed by atoms with Crippen molar-refractivity contribution in [3.8, 4) is 0 Å². The maximum Gasteiger partial charge on any atom is 0.335 e. The van der Waals surface area contributed by atoms with Gasteiger partial charge in [-0.25, -0.2) is 4.79 Å². The summed E-state index contributed by atoms with van der Waals surface area (Å²) < 4.78 is 5.52. The van der Waals surface area contributed by atoms with Gasteiger partial charge in [0.15, 0.2) is 5.58 Å². The molecule has 1 aliphatic carbocycles. The number of oxazole rings is 1. The van der Waals surface area contributed by atoms with Crippen LogP contribution in [-0.2, 0) is 0 Å². The molecule has 1 aliphatic rings. The second kappa shape index (κ2) is 4.57. The summed E-state index contributed by atoms with van der Waals surface area (Å²) in [5.41, 5.74) is 1.38. The highest BCUT2D eigenvalue weighted by Gasteiger charge is 2.27. The van der Waals surface area contributed by atoms with Crippen molar-refractivity contribution in [2.24, 2.45) is 11.8 Å². The minimum Gasteiger partial charge on any atom is -0.478 e. The molecule has 1 unspecified atom stereocenters. The molecule has 5 nitrogen and oxygen atoms in total. The van der Waals surface area contributed by atoms with E-state index in [1.165, 1.54) is 25.0 Å². The predicted molar refractivity (Wildman–Crippen MR) is 71.3 cm³/mol. The van der Waals surface area contributed by atoms with Gasteiger partial charge in [-0.3, -0.25) is 0 Å². The third-order valence-corrected chi connectivity index (χ3v) is 3.64. The van der Waals surface area contributed by atoms with Gasteiger partial charge in [-0.2, -0.15) is 4.98 Å². The van der Waals surface area contributed by atoms with Crippen LogP contribution in [0, 0.1) is 11.8 Å². The van der Waals surface area contributed by atoms with Gasteiger partial charge < -0.3 is 14.8 Å². The number of hydrogen-bond acceptors (Lipinski definition) is 4. The molecule has 0 spiro atoms. The van der Waals surface area contributed by atoms with Crippen molar-refractivity contribution in [1.29, 1.82) is 0 Å². The number of fused-ring (bicyclic) bond motifs is 1. The van der Waals surface area contributed by atoms with Crippen molar-refractivity contribution >= 4 is 23.1 Å². The van der Waals surface area contributed by atoms with E-state index in [9.17, 15) is 4.79 Å². The molecule has 0 saturated heterocycles. The fourth-order valence-corrected chi connectivity index (χ4v) is 2.21. The molecule has 2 N–H and O–H groups in total. The van der Waals surface area contributed by atoms with Crippen molar-refractivity contribution in [3.05, 3.63) is 23.8 Å². The molecular weight excluding hydrogens is 244 g/mol. The van der Waals surface area contributed by atoms with Crippen LogP contribution in [0.5, 0.6) is 0 Å². The van der Waals surface area contributed by atoms with E-state index in [2.05, 4.69) is 17.2 Å². The van der Waals surface area contributed by atoms with Gasteiger partial charge in [0.2, 0.25) is 0 Å². The standard InChI is InChI=1S/C14H16N2O3/c1-8(9-2-3-9)7-15-14-16-11-5-4-10(13(17)18)6-12(11)19-14/h4-6,8-9H,2-3,7H2,1H3,(H,15,16)(H,17,18). The fourth-order valence-electron chi connectivity index (χ4n) is 2.21. The van der Waals surface area contributed by atoms with Crippen LogP contribution in [0.3, 0.4) is 0 Å². The van der Waals surface area contributed by atoms with Gasteiger partial charge in [0.1, 0.15) is 5.52 Å². The number of aromatic carboxylic acids is 1. The predicted octanol–water partition coefficient (Wildman–Crippen LogP) is 2.98. The first-order valence-corrected chi connectivity index (χ1v) is 6.51. The topological polar surface area (TPSA) is 75.4 Å². The van der Waals surface area contributed by atoms with Gasteiger partial charge >= 0.3 is 5.97 Å². The van der Waals surface area contributed by atoms with Gasteiger partial charge in [0.05, 0.1) is 5.56 Å². The van der Waals surface area contributed by atoms with E-state index in [0.717, 1.165) is 12.5 Å². The molecule has 1 aromatic carbocycles. The van der Waals surface area contributed by atoms with Gasteiger partial charge in [-0.15, -0.1) is 0 Å². The van der Waals surface area contributed by atoms with Crippen molar-refractivity contribution in [2.75, 3.05) is 11.9 Å². The van der Waals surface area contributed by atoms with Crippen LogP contribution in [-0.4, -0.2) is 22.6 Å². The first-order chi connectivity index (χ1) is 9.13. The van der Waals surface area contributed by atoms with Gasteiger partial charge in [0.25, 0.3) is 6.01 Å². The molecule has 0 aliphatic heterocycles. The van der Waals surface area contributed by atoms with Crippen molar-refractivity contribution in [2.45, 2.75) is 19.8 Å². The number of rotatable bonds is 5. The summed E-state index contributed by atoms with van der Waals surface area (Å²) in [7, 11) is 0. The van der Waals surface area contributed by atoms with E-state index < -0.39 is 5.97 Å². The monoisotopic (exact) mass is 260 g/mol. The Labute approximate surface area is 110 Å². The van der Waals surface area contributed by atoms with E-state index in [1.54, 1.807) is 6.07 Å². The second-order valence-electron chi connectivity index (χ2n) is 5.20. The number of nitrogens with one attached hydrogen (secondary N) is 1. The summed E-state index contributed by atoms with van der Waals surface area (Å²) in [5, 5.41) is 12.1. The summed E-state index contributed by atoms with van der Waals surface area (Å²) in [6, 6.07) is 5.16. The SMILES string of the molecule is CC(CNc1nc2ccc(C(=O)O)cc2o1)C1CC1. The highest BCUT2D eigenvalue weighted by molar-refractivity contribution is 5.92. The van der Waals surface area contributed by atoms with Gasteiger partial charge in [-0.05, 0) is 42.9 Å². The summed E-state index contributed by atoms with van der Waals surface area (Å²) in [4.78, 5) is 15.2. The Morgan fingerprint density at radius 3 is 3.05 bits per heavy atom. The van der Waals surface area contributed by atoms with Crippen LogP contribution in [0.2, 0.25) is 0 Å². The fraction of sp³-hybridized carbons (Fsp3) is 0.429. The van der Waals surface area contributed by atoms with Crippen LogP contribution >= 0.6 is 0 Å². The number of carbonyl (C=O) groups is 1. The molecule has 2 aromatic rings. The van der Waals surface area contributed by atoms with E-state index in [4.69, 9.17) is 9.52 Å². The maximum absolute atomic E-state index is 10.9. The summed E-state index contributed by atoms with van der Waals surface area (Å²) >= 11 is 0. The van der Waals surface area contributed by atoms with E-state index in [0.29, 0.717) is 23.0 Å². The Kier molecular flexibility index (Phi) is 2.89. The number of anilines is 1. The average molecular weight is 260 g/mol. The molecule has 19 heavy (non-hydrogen) atoms. The number of aromatic nitrogens is 1. The van der Waals surface area contributed by atoms with Gasteiger partial charge in [0, 0.05) is 6.54 Å². The molecule has 1 fully saturated rings. The molecule has 1 aromatic heterocycles. The van der Waals surface area contributed by atoms with Crippen LogP contribution in [0.15, 0.2) is 22.6 Å². The Morgan fingerprint density at radius 1 is 1.58 bits per heavy atom. The lowest BCUT2D eigenvalue weighted by molar-refractivity contribution is 0.0697. The average Bonchev–Trinajstić information content (AvgIpc) is 3.15. The van der Waals surface area contributed by atoms with E-state index in [1.807, 2.05) is 0 Å². The first kappa shape index (κ1) is 12.0. The Bertz CT molecular complexity index is 616. The number of benzene rings is 1. The zero-order chi connectivity index (χ0) is 13.4. The Morgan fingerprint density at radius 2 is 2.37 bits per heavy atom. The molecule has 1 atom stereocenters. The lowest BCUT2D eigenvalue weighted by atomic mass is 10.1. The zero-order valence-electron chi connectivity index (χ0n) is 10.7. The number of carboxylic acid groups (broad SMARTS) is 1. The lowest BCUT2D eigenvalue weighted by Crippen LogP contribution is -2.12. The summed E-state index contributed by atoms with van der Waals surface area (Å²) in [6.07, 6.45) is 2.64. The first-order valence-electron chi connectivity index (χ1n) is 6.51. The molecule has 100 valence electrons. The van der Waals surface area contributed by atoms with Crippen molar-refractivity contribution < 1.29 is 14.3 Å². The number of nitrogens with zero attached hydrogens (tertiary/aromatic N) is 1.